The third-order valence-electron chi connectivity index (χ3n) is 2.60. The first-order valence-corrected chi connectivity index (χ1v) is 10.9. The maximum absolute atomic E-state index is 10.7. The monoisotopic (exact) mass is 396 g/mol. The van der Waals surface area contributed by atoms with E-state index in [2.05, 4.69) is 67.8 Å². The van der Waals surface area contributed by atoms with Crippen molar-refractivity contribution in [1.29, 1.82) is 0 Å². The van der Waals surface area contributed by atoms with E-state index in [1.165, 1.54) is 15.4 Å². The molecule has 0 radical (unpaired) electrons. The smallest absolute Gasteiger partial charge is 0.485 e. The summed E-state index contributed by atoms with van der Waals surface area (Å²) < 4.78 is 58.9. The summed E-state index contributed by atoms with van der Waals surface area (Å²) in [4.78, 5) is 2.76. The minimum absolute atomic E-state index is 0.226. The van der Waals surface area contributed by atoms with Gasteiger partial charge in [0.25, 0.3) is 0 Å². The molecule has 1 unspecified atom stereocenters. The van der Waals surface area contributed by atoms with Gasteiger partial charge in [-0.1, -0.05) is 35.9 Å². The third-order valence-corrected chi connectivity index (χ3v) is 6.72. The van der Waals surface area contributed by atoms with Crippen LogP contribution >= 0.6 is 10.8 Å². The molecule has 24 heavy (non-hydrogen) atoms. The van der Waals surface area contributed by atoms with E-state index in [1.807, 2.05) is 10.8 Å². The van der Waals surface area contributed by atoms with Gasteiger partial charge in [0.15, 0.2) is 15.0 Å². The molecule has 0 amide bonds. The molecule has 132 valence electrons. The van der Waals surface area contributed by atoms with Crippen molar-refractivity contribution < 1.29 is 26.1 Å². The largest absolute Gasteiger partial charge is 0.741 e. The molecular weight excluding hydrogens is 381 g/mol. The molecule has 2 rings (SSSR count). The number of halogens is 3. The van der Waals surface area contributed by atoms with Crippen LogP contribution in [0.2, 0.25) is 0 Å². The van der Waals surface area contributed by atoms with Crippen LogP contribution in [0, 0.1) is 6.92 Å². The number of rotatable bonds is 3. The van der Waals surface area contributed by atoms with Crippen LogP contribution in [0.3, 0.4) is 0 Å². The van der Waals surface area contributed by atoms with E-state index in [4.69, 9.17) is 13.0 Å². The second-order valence-corrected chi connectivity index (χ2v) is 9.95. The van der Waals surface area contributed by atoms with Gasteiger partial charge in [-0.25, -0.2) is 8.42 Å². The first-order chi connectivity index (χ1) is 11.0. The summed E-state index contributed by atoms with van der Waals surface area (Å²) in [5.74, 6) is 0. The fraction of sp³-hybridized carbons (Fsp3) is 0.200. The SMILES string of the molecule is Cc1ccc(S[S+](C)c2ccccc2)cc1.O=S(=O)([O-])C(F)(F)F. The molecule has 0 spiro atoms. The van der Waals surface area contributed by atoms with E-state index in [9.17, 15) is 13.2 Å². The molecular formula is C15H15F3O3S3. The van der Waals surface area contributed by atoms with Crippen molar-refractivity contribution in [2.45, 2.75) is 22.2 Å². The zero-order valence-electron chi connectivity index (χ0n) is 12.8. The molecule has 0 fully saturated rings. The van der Waals surface area contributed by atoms with Crippen LogP contribution in [0.1, 0.15) is 5.56 Å². The van der Waals surface area contributed by atoms with Crippen molar-refractivity contribution in [1.82, 2.24) is 0 Å². The van der Waals surface area contributed by atoms with Gasteiger partial charge in [-0.15, -0.1) is 0 Å². The zero-order valence-corrected chi connectivity index (χ0v) is 15.2. The van der Waals surface area contributed by atoms with Crippen LogP contribution in [0.5, 0.6) is 0 Å². The van der Waals surface area contributed by atoms with Crippen LogP contribution in [-0.2, 0) is 20.0 Å². The minimum Gasteiger partial charge on any atom is -0.741 e. The molecule has 0 N–H and O–H groups in total. The van der Waals surface area contributed by atoms with E-state index in [-0.39, 0.29) is 9.93 Å². The van der Waals surface area contributed by atoms with Gasteiger partial charge in [0.05, 0.1) is 14.8 Å². The Morgan fingerprint density at radius 2 is 1.46 bits per heavy atom. The van der Waals surface area contributed by atoms with Gasteiger partial charge in [0, 0.05) is 0 Å². The summed E-state index contributed by atoms with van der Waals surface area (Å²) in [7, 11) is -3.93. The molecule has 2 aromatic carbocycles. The quantitative estimate of drug-likeness (QED) is 0.335. The molecule has 1 atom stereocenters. The highest BCUT2D eigenvalue weighted by Gasteiger charge is 2.36. The van der Waals surface area contributed by atoms with Gasteiger partial charge in [-0.3, -0.25) is 0 Å². The van der Waals surface area contributed by atoms with E-state index in [0.29, 0.717) is 0 Å². The standard InChI is InChI=1S/C14H15S2.CHF3O3S/c1-12-8-10-13(11-9-12)15-16(2)14-6-4-3-5-7-14;2-1(3,4)8(5,6)7/h3-11H,1-2H3;(H,5,6,7)/q+1;/p-1. The summed E-state index contributed by atoms with van der Waals surface area (Å²) in [6.45, 7) is 2.12. The molecule has 0 saturated carbocycles. The lowest BCUT2D eigenvalue weighted by Gasteiger charge is -2.08. The van der Waals surface area contributed by atoms with Crippen LogP contribution in [0.15, 0.2) is 64.4 Å². The molecule has 9 heteroatoms. The van der Waals surface area contributed by atoms with Crippen molar-refractivity contribution in [3.63, 3.8) is 0 Å². The van der Waals surface area contributed by atoms with Crippen molar-refractivity contribution in [2.24, 2.45) is 0 Å². The van der Waals surface area contributed by atoms with E-state index in [1.54, 1.807) is 0 Å². The van der Waals surface area contributed by atoms with Gasteiger partial charge in [-0.2, -0.15) is 13.2 Å². The molecule has 0 saturated heterocycles. The van der Waals surface area contributed by atoms with Crippen molar-refractivity contribution in [2.75, 3.05) is 6.26 Å². The maximum atomic E-state index is 10.7. The van der Waals surface area contributed by atoms with Gasteiger partial charge < -0.3 is 4.55 Å². The fourth-order valence-corrected chi connectivity index (χ4v) is 4.39. The molecule has 0 heterocycles. The predicted molar refractivity (Wildman–Crippen MR) is 90.8 cm³/mol. The Hall–Kier alpha value is -1.16. The number of hydrogen-bond acceptors (Lipinski definition) is 4. The first kappa shape index (κ1) is 20.9. The van der Waals surface area contributed by atoms with E-state index < -0.39 is 15.6 Å². The molecule has 0 bridgehead atoms. The first-order valence-electron chi connectivity index (χ1n) is 6.49. The lowest BCUT2D eigenvalue weighted by Crippen LogP contribution is -2.21. The Labute approximate surface area is 145 Å². The van der Waals surface area contributed by atoms with E-state index >= 15 is 0 Å². The number of hydrogen-bond donors (Lipinski definition) is 0. The lowest BCUT2D eigenvalue weighted by molar-refractivity contribution is -0.0517. The van der Waals surface area contributed by atoms with Gasteiger partial charge in [0.1, 0.15) is 17.0 Å². The van der Waals surface area contributed by atoms with Crippen molar-refractivity contribution >= 4 is 30.8 Å². The molecule has 2 aromatic rings. The normalized spacial score (nSPS) is 12.9. The van der Waals surface area contributed by atoms with Gasteiger partial charge in [0.2, 0.25) is 0 Å². The molecule has 3 nitrogen and oxygen atoms in total. The number of benzene rings is 2. The third kappa shape index (κ3) is 7.16. The second-order valence-electron chi connectivity index (χ2n) is 4.56. The molecule has 0 aliphatic heterocycles. The summed E-state index contributed by atoms with van der Waals surface area (Å²) in [5, 5.41) is 0. The Morgan fingerprint density at radius 1 is 1.00 bits per heavy atom. The Morgan fingerprint density at radius 3 is 1.88 bits per heavy atom. The number of aryl methyl sites for hydroxylation is 1. The maximum Gasteiger partial charge on any atom is 0.485 e. The molecule has 0 aliphatic carbocycles. The highest BCUT2D eigenvalue weighted by Crippen LogP contribution is 2.30. The predicted octanol–water partition coefficient (Wildman–Crippen LogP) is 4.36. The topological polar surface area (TPSA) is 57.2 Å². The van der Waals surface area contributed by atoms with Crippen LogP contribution < -0.4 is 0 Å². The average Bonchev–Trinajstić information content (AvgIpc) is 2.49. The fourth-order valence-electron chi connectivity index (χ4n) is 1.40. The summed E-state index contributed by atoms with van der Waals surface area (Å²) in [5.41, 5.74) is -4.33. The van der Waals surface area contributed by atoms with E-state index in [0.717, 1.165) is 0 Å². The van der Waals surface area contributed by atoms with Crippen molar-refractivity contribution in [3.05, 3.63) is 60.2 Å². The summed E-state index contributed by atoms with van der Waals surface area (Å²) in [6, 6.07) is 19.4. The second kappa shape index (κ2) is 8.80. The Bertz CT molecular complexity index is 730. The van der Waals surface area contributed by atoms with Crippen LogP contribution in [0.25, 0.3) is 0 Å². The summed E-state index contributed by atoms with van der Waals surface area (Å²) in [6.07, 6.45) is 2.28. The van der Waals surface area contributed by atoms with Crippen LogP contribution in [-0.4, -0.2) is 24.7 Å². The van der Waals surface area contributed by atoms with Gasteiger partial charge >= 0.3 is 5.51 Å². The van der Waals surface area contributed by atoms with Crippen molar-refractivity contribution in [3.8, 4) is 0 Å². The Balaban J connectivity index is 0.000000307. The zero-order chi connectivity index (χ0) is 18.4. The van der Waals surface area contributed by atoms with Crippen LogP contribution in [0.4, 0.5) is 13.2 Å². The molecule has 0 aromatic heterocycles. The summed E-state index contributed by atoms with van der Waals surface area (Å²) >= 11 is 0. The minimum atomic E-state index is -6.09. The lowest BCUT2D eigenvalue weighted by atomic mass is 10.2. The highest BCUT2D eigenvalue weighted by atomic mass is 33.1. The average molecular weight is 396 g/mol. The number of alkyl halides is 3. The Kier molecular flexibility index (Phi) is 7.65. The van der Waals surface area contributed by atoms with Gasteiger partial charge in [-0.05, 0) is 31.2 Å². The highest BCUT2D eigenvalue weighted by molar-refractivity contribution is 8.74. The molecule has 0 aliphatic rings.